The highest BCUT2D eigenvalue weighted by Crippen LogP contribution is 2.42. The first-order chi connectivity index (χ1) is 30.2. The number of oxazole rings is 1. The minimum Gasteiger partial charge on any atom is -0.436 e. The van der Waals surface area contributed by atoms with Crippen molar-refractivity contribution in [2.45, 2.75) is 0 Å². The van der Waals surface area contributed by atoms with Crippen LogP contribution in [0.1, 0.15) is 0 Å². The van der Waals surface area contributed by atoms with E-state index in [2.05, 4.69) is 198 Å². The molecule has 2 aromatic heterocycles. The Morgan fingerprint density at radius 2 is 0.984 bits per heavy atom. The molecule has 0 unspecified atom stereocenters. The summed E-state index contributed by atoms with van der Waals surface area (Å²) in [6.07, 6.45) is 0. The van der Waals surface area contributed by atoms with Gasteiger partial charge in [0.25, 0.3) is 0 Å². The monoisotopic (exact) mass is 779 g/mol. The maximum atomic E-state index is 6.32. The van der Waals surface area contributed by atoms with Crippen LogP contribution >= 0.6 is 0 Å². The molecule has 0 amide bonds. The van der Waals surface area contributed by atoms with Crippen LogP contribution in [0.3, 0.4) is 0 Å². The molecule has 12 rings (SSSR count). The molecule has 0 aliphatic carbocycles. The zero-order chi connectivity index (χ0) is 40.3. The second kappa shape index (κ2) is 14.3. The van der Waals surface area contributed by atoms with Crippen molar-refractivity contribution in [1.29, 1.82) is 0 Å². The Kier molecular flexibility index (Phi) is 8.13. The summed E-state index contributed by atoms with van der Waals surface area (Å²) in [5.74, 6) is 0.624. The fraction of sp³-hybridized carbons (Fsp3) is 0. The van der Waals surface area contributed by atoms with Crippen molar-refractivity contribution < 1.29 is 4.42 Å². The Morgan fingerprint density at radius 3 is 1.75 bits per heavy atom. The van der Waals surface area contributed by atoms with Gasteiger partial charge in [0, 0.05) is 44.5 Å². The third-order valence-corrected chi connectivity index (χ3v) is 12.0. The van der Waals surface area contributed by atoms with Crippen molar-refractivity contribution in [3.05, 3.63) is 224 Å². The molecule has 0 atom stereocenters. The van der Waals surface area contributed by atoms with Crippen molar-refractivity contribution in [2.24, 2.45) is 0 Å². The van der Waals surface area contributed by atoms with Crippen molar-refractivity contribution in [3.63, 3.8) is 0 Å². The van der Waals surface area contributed by atoms with Gasteiger partial charge in [-0.1, -0.05) is 146 Å². The SMILES string of the molecule is c1ccc(-c2nc3c(ccc4cccc(-c5ccc(N(c6ccc(-c7cccc8ccccc78)cc6)c6ccc7c(c6)c6ccccc6n7-c6ccccc6)cc5)c43)o2)cc1. The summed E-state index contributed by atoms with van der Waals surface area (Å²) >= 11 is 0. The first-order valence-electron chi connectivity index (χ1n) is 20.7. The van der Waals surface area contributed by atoms with Crippen molar-refractivity contribution in [3.8, 4) is 39.4 Å². The van der Waals surface area contributed by atoms with Crippen LogP contribution in [-0.4, -0.2) is 9.55 Å². The number of fused-ring (bicyclic) bond motifs is 7. The lowest BCUT2D eigenvalue weighted by Crippen LogP contribution is -2.10. The van der Waals surface area contributed by atoms with Crippen LogP contribution in [0.15, 0.2) is 229 Å². The Labute approximate surface area is 352 Å². The zero-order valence-electron chi connectivity index (χ0n) is 33.1. The standard InChI is InChI=1S/C57H37N3O/c1-3-14-42(15-4-1)57-58-56-54(61-57)36-29-41-17-12-23-49(55(41)56)40-27-32-45(33-28-40)59(44-30-25-39(26-31-44)48-22-11-16-38-13-7-8-20-47(38)48)46-34-35-53-51(37-46)50-21-9-10-24-52(50)60(53)43-18-5-2-6-19-43/h1-37H. The van der Waals surface area contributed by atoms with E-state index in [4.69, 9.17) is 9.40 Å². The minimum absolute atomic E-state index is 0.624. The number of para-hydroxylation sites is 2. The first kappa shape index (κ1) is 34.8. The maximum absolute atomic E-state index is 6.32. The molecule has 4 heteroatoms. The van der Waals surface area contributed by atoms with Crippen LogP contribution < -0.4 is 4.90 Å². The number of benzene rings is 10. The fourth-order valence-corrected chi connectivity index (χ4v) is 9.17. The topological polar surface area (TPSA) is 34.2 Å². The summed E-state index contributed by atoms with van der Waals surface area (Å²) in [6, 6.07) is 80.0. The minimum atomic E-state index is 0.624. The molecular weight excluding hydrogens is 743 g/mol. The molecule has 0 aliphatic rings. The number of rotatable bonds is 7. The molecule has 0 saturated heterocycles. The average Bonchev–Trinajstić information content (AvgIpc) is 3.92. The van der Waals surface area contributed by atoms with Gasteiger partial charge < -0.3 is 13.9 Å². The number of hydrogen-bond donors (Lipinski definition) is 0. The summed E-state index contributed by atoms with van der Waals surface area (Å²) in [7, 11) is 0. The maximum Gasteiger partial charge on any atom is 0.227 e. The summed E-state index contributed by atoms with van der Waals surface area (Å²) in [5.41, 5.74) is 13.9. The molecule has 0 saturated carbocycles. The second-order valence-corrected chi connectivity index (χ2v) is 15.5. The van der Waals surface area contributed by atoms with E-state index in [9.17, 15) is 0 Å². The summed E-state index contributed by atoms with van der Waals surface area (Å²) in [6.45, 7) is 0. The van der Waals surface area contributed by atoms with Crippen LogP contribution in [0.4, 0.5) is 17.1 Å². The van der Waals surface area contributed by atoms with E-state index in [0.717, 1.165) is 61.3 Å². The van der Waals surface area contributed by atoms with Crippen LogP contribution in [0.25, 0.3) is 93.8 Å². The van der Waals surface area contributed by atoms with Gasteiger partial charge in [-0.05, 0) is 117 Å². The molecule has 0 radical (unpaired) electrons. The van der Waals surface area contributed by atoms with Gasteiger partial charge in [-0.15, -0.1) is 0 Å². The molecule has 0 bridgehead atoms. The average molecular weight is 780 g/mol. The number of nitrogens with zero attached hydrogens (tertiary/aromatic N) is 3. The van der Waals surface area contributed by atoms with Gasteiger partial charge in [0.15, 0.2) is 5.58 Å². The van der Waals surface area contributed by atoms with E-state index in [1.165, 1.54) is 43.7 Å². The molecule has 0 N–H and O–H groups in total. The molecule has 10 aromatic carbocycles. The molecule has 61 heavy (non-hydrogen) atoms. The Bertz CT molecular complexity index is 3560. The van der Waals surface area contributed by atoms with Crippen molar-refractivity contribution in [2.75, 3.05) is 4.90 Å². The number of aromatic nitrogens is 2. The predicted molar refractivity (Wildman–Crippen MR) is 254 cm³/mol. The number of hydrogen-bond acceptors (Lipinski definition) is 3. The second-order valence-electron chi connectivity index (χ2n) is 15.5. The molecule has 0 spiro atoms. The molecule has 12 aromatic rings. The molecule has 2 heterocycles. The van der Waals surface area contributed by atoms with Gasteiger partial charge in [-0.2, -0.15) is 0 Å². The van der Waals surface area contributed by atoms with E-state index >= 15 is 0 Å². The van der Waals surface area contributed by atoms with Crippen LogP contribution in [0.5, 0.6) is 0 Å². The zero-order valence-corrected chi connectivity index (χ0v) is 33.1. The van der Waals surface area contributed by atoms with Gasteiger partial charge >= 0.3 is 0 Å². The highest BCUT2D eigenvalue weighted by atomic mass is 16.3. The Hall–Kier alpha value is -8.21. The lowest BCUT2D eigenvalue weighted by Gasteiger charge is -2.26. The van der Waals surface area contributed by atoms with Crippen LogP contribution in [0.2, 0.25) is 0 Å². The number of anilines is 3. The lowest BCUT2D eigenvalue weighted by atomic mass is 9.96. The van der Waals surface area contributed by atoms with Gasteiger partial charge in [-0.3, -0.25) is 0 Å². The third-order valence-electron chi connectivity index (χ3n) is 12.0. The molecular formula is C57H37N3O. The summed E-state index contributed by atoms with van der Waals surface area (Å²) in [4.78, 5) is 7.43. The van der Waals surface area contributed by atoms with Crippen LogP contribution in [0, 0.1) is 0 Å². The van der Waals surface area contributed by atoms with Gasteiger partial charge in [0.05, 0.1) is 11.0 Å². The normalized spacial score (nSPS) is 11.6. The first-order valence-corrected chi connectivity index (χ1v) is 20.7. The van der Waals surface area contributed by atoms with E-state index in [0.29, 0.717) is 5.89 Å². The van der Waals surface area contributed by atoms with Crippen molar-refractivity contribution in [1.82, 2.24) is 9.55 Å². The highest BCUT2D eigenvalue weighted by Gasteiger charge is 2.19. The summed E-state index contributed by atoms with van der Waals surface area (Å²) in [5, 5.41) is 7.11. The summed E-state index contributed by atoms with van der Waals surface area (Å²) < 4.78 is 8.69. The van der Waals surface area contributed by atoms with E-state index in [-0.39, 0.29) is 0 Å². The largest absolute Gasteiger partial charge is 0.436 e. The van der Waals surface area contributed by atoms with E-state index < -0.39 is 0 Å². The van der Waals surface area contributed by atoms with Gasteiger partial charge in [0.2, 0.25) is 5.89 Å². The third kappa shape index (κ3) is 5.88. The van der Waals surface area contributed by atoms with Gasteiger partial charge in [0.1, 0.15) is 5.52 Å². The molecule has 0 fully saturated rings. The fourth-order valence-electron chi connectivity index (χ4n) is 9.17. The van der Waals surface area contributed by atoms with E-state index in [1.54, 1.807) is 0 Å². The molecule has 0 aliphatic heterocycles. The Morgan fingerprint density at radius 1 is 0.393 bits per heavy atom. The van der Waals surface area contributed by atoms with Gasteiger partial charge in [-0.25, -0.2) is 4.98 Å². The predicted octanol–water partition coefficient (Wildman–Crippen LogP) is 15.7. The smallest absolute Gasteiger partial charge is 0.227 e. The Balaban J connectivity index is 1.00. The quantitative estimate of drug-likeness (QED) is 0.162. The highest BCUT2D eigenvalue weighted by molar-refractivity contribution is 6.13. The van der Waals surface area contributed by atoms with Crippen LogP contribution in [-0.2, 0) is 0 Å². The molecule has 286 valence electrons. The van der Waals surface area contributed by atoms with E-state index in [1.807, 2.05) is 36.4 Å². The molecule has 4 nitrogen and oxygen atoms in total. The van der Waals surface area contributed by atoms with Crippen molar-refractivity contribution >= 4 is 71.5 Å². The lowest BCUT2D eigenvalue weighted by molar-refractivity contribution is 0.620.